The minimum absolute atomic E-state index is 0.532. The smallest absolute Gasteiger partial charge is 0.0132 e. The average Bonchev–Trinajstić information content (AvgIpc) is 2.51. The van der Waals surface area contributed by atoms with Gasteiger partial charge in [0, 0.05) is 17.8 Å². The monoisotopic (exact) mass is 241 g/mol. The van der Waals surface area contributed by atoms with Gasteiger partial charge in [0.15, 0.2) is 0 Å². The first-order valence-corrected chi connectivity index (χ1v) is 8.06. The van der Waals surface area contributed by atoms with Gasteiger partial charge in [0.05, 0.1) is 0 Å². The van der Waals surface area contributed by atoms with E-state index in [1.807, 2.05) is 11.8 Å². The summed E-state index contributed by atoms with van der Waals surface area (Å²) >= 11 is 1.95. The Morgan fingerprint density at radius 3 is 2.50 bits per heavy atom. The van der Waals surface area contributed by atoms with Crippen LogP contribution in [0.15, 0.2) is 0 Å². The number of nitrogens with one attached hydrogen (secondary N) is 1. The number of hydrogen-bond acceptors (Lipinski definition) is 2. The maximum Gasteiger partial charge on any atom is 0.0132 e. The van der Waals surface area contributed by atoms with Crippen LogP contribution in [-0.2, 0) is 0 Å². The Balaban J connectivity index is 2.04. The van der Waals surface area contributed by atoms with Gasteiger partial charge in [-0.1, -0.05) is 20.8 Å². The molecule has 2 bridgehead atoms. The standard InChI is InChI=1S/C14H27NS/c1-10(9-16-5)15-12-8-11-6-7-14(12,4)13(11,2)3/h10-12,15H,6-9H2,1-5H3. The second-order valence-corrected chi connectivity index (χ2v) is 7.60. The third-order valence-corrected chi connectivity index (χ3v) is 6.53. The van der Waals surface area contributed by atoms with E-state index in [0.29, 0.717) is 16.9 Å². The molecule has 0 radical (unpaired) electrons. The quantitative estimate of drug-likeness (QED) is 0.808. The van der Waals surface area contributed by atoms with E-state index in [9.17, 15) is 0 Å². The van der Waals surface area contributed by atoms with Crippen LogP contribution in [0.4, 0.5) is 0 Å². The molecule has 2 rings (SSSR count). The van der Waals surface area contributed by atoms with Gasteiger partial charge in [-0.2, -0.15) is 11.8 Å². The molecule has 2 fully saturated rings. The zero-order chi connectivity index (χ0) is 12.0. The summed E-state index contributed by atoms with van der Waals surface area (Å²) in [5, 5.41) is 3.89. The fourth-order valence-corrected chi connectivity index (χ4v) is 4.69. The highest BCUT2D eigenvalue weighted by molar-refractivity contribution is 7.98. The van der Waals surface area contributed by atoms with Crippen LogP contribution in [-0.4, -0.2) is 24.1 Å². The van der Waals surface area contributed by atoms with Crippen LogP contribution in [0.3, 0.4) is 0 Å². The fourth-order valence-electron chi connectivity index (χ4n) is 4.10. The van der Waals surface area contributed by atoms with Crippen molar-refractivity contribution in [3.8, 4) is 0 Å². The van der Waals surface area contributed by atoms with E-state index in [1.54, 1.807) is 0 Å². The van der Waals surface area contributed by atoms with Crippen LogP contribution in [0.1, 0.15) is 47.0 Å². The zero-order valence-electron chi connectivity index (χ0n) is 11.5. The first kappa shape index (κ1) is 12.8. The van der Waals surface area contributed by atoms with Crippen molar-refractivity contribution in [2.45, 2.75) is 59.0 Å². The van der Waals surface area contributed by atoms with Crippen LogP contribution >= 0.6 is 11.8 Å². The van der Waals surface area contributed by atoms with Crippen LogP contribution in [0.25, 0.3) is 0 Å². The number of thioether (sulfide) groups is 1. The van der Waals surface area contributed by atoms with Crippen molar-refractivity contribution < 1.29 is 0 Å². The number of rotatable bonds is 4. The Morgan fingerprint density at radius 2 is 2.06 bits per heavy atom. The molecule has 0 saturated heterocycles. The molecule has 2 aliphatic carbocycles. The second kappa shape index (κ2) is 4.20. The highest BCUT2D eigenvalue weighted by Crippen LogP contribution is 2.65. The largest absolute Gasteiger partial charge is 0.310 e. The summed E-state index contributed by atoms with van der Waals surface area (Å²) in [5.74, 6) is 2.19. The highest BCUT2D eigenvalue weighted by Gasteiger charge is 2.61. The fraction of sp³-hybridized carbons (Fsp3) is 1.00. The normalized spacial score (nSPS) is 42.6. The van der Waals surface area contributed by atoms with Gasteiger partial charge in [-0.25, -0.2) is 0 Å². The molecular formula is C14H27NS. The molecule has 94 valence electrons. The van der Waals surface area contributed by atoms with Crippen LogP contribution in [0.5, 0.6) is 0 Å². The summed E-state index contributed by atoms with van der Waals surface area (Å²) in [7, 11) is 0. The molecule has 4 atom stereocenters. The lowest BCUT2D eigenvalue weighted by Gasteiger charge is -2.40. The molecule has 0 aromatic rings. The molecule has 0 aromatic carbocycles. The molecule has 4 unspecified atom stereocenters. The lowest BCUT2D eigenvalue weighted by Crippen LogP contribution is -2.48. The Morgan fingerprint density at radius 1 is 1.38 bits per heavy atom. The second-order valence-electron chi connectivity index (χ2n) is 6.69. The molecule has 0 aliphatic heterocycles. The highest BCUT2D eigenvalue weighted by atomic mass is 32.2. The van der Waals surface area contributed by atoms with E-state index in [1.165, 1.54) is 25.0 Å². The third-order valence-electron chi connectivity index (χ3n) is 5.70. The summed E-state index contributed by atoms with van der Waals surface area (Å²) in [5.41, 5.74) is 1.08. The van der Waals surface area contributed by atoms with E-state index in [0.717, 1.165) is 12.0 Å². The van der Waals surface area contributed by atoms with Gasteiger partial charge in [-0.15, -0.1) is 0 Å². The summed E-state index contributed by atoms with van der Waals surface area (Å²) < 4.78 is 0. The Labute approximate surface area is 105 Å². The van der Waals surface area contributed by atoms with Gasteiger partial charge in [-0.3, -0.25) is 0 Å². The maximum atomic E-state index is 3.89. The van der Waals surface area contributed by atoms with Gasteiger partial charge < -0.3 is 5.32 Å². The van der Waals surface area contributed by atoms with Crippen LogP contribution < -0.4 is 5.32 Å². The van der Waals surface area contributed by atoms with Gasteiger partial charge in [0.1, 0.15) is 0 Å². The SMILES string of the molecule is CSCC(C)NC1CC2CCC1(C)C2(C)C. The molecule has 0 heterocycles. The van der Waals surface area contributed by atoms with Gasteiger partial charge in [0.2, 0.25) is 0 Å². The minimum atomic E-state index is 0.532. The molecule has 16 heavy (non-hydrogen) atoms. The van der Waals surface area contributed by atoms with Gasteiger partial charge >= 0.3 is 0 Å². The van der Waals surface area contributed by atoms with Gasteiger partial charge in [-0.05, 0) is 49.2 Å². The van der Waals surface area contributed by atoms with Crippen molar-refractivity contribution in [1.29, 1.82) is 0 Å². The predicted octanol–water partition coefficient (Wildman–Crippen LogP) is 3.54. The number of hydrogen-bond donors (Lipinski definition) is 1. The van der Waals surface area contributed by atoms with E-state index in [-0.39, 0.29) is 0 Å². The molecule has 0 aromatic heterocycles. The molecule has 1 N–H and O–H groups in total. The van der Waals surface area contributed by atoms with Crippen LogP contribution in [0, 0.1) is 16.7 Å². The van der Waals surface area contributed by atoms with Crippen molar-refractivity contribution in [2.24, 2.45) is 16.7 Å². The molecule has 0 spiro atoms. The molecule has 2 saturated carbocycles. The Hall–Kier alpha value is 0.310. The predicted molar refractivity (Wildman–Crippen MR) is 74.0 cm³/mol. The van der Waals surface area contributed by atoms with Crippen molar-refractivity contribution >= 4 is 11.8 Å². The summed E-state index contributed by atoms with van der Waals surface area (Å²) in [6.45, 7) is 9.83. The third kappa shape index (κ3) is 1.73. The summed E-state index contributed by atoms with van der Waals surface area (Å²) in [6, 6.07) is 1.41. The number of fused-ring (bicyclic) bond motifs is 2. The minimum Gasteiger partial charge on any atom is -0.310 e. The Kier molecular flexibility index (Phi) is 3.35. The van der Waals surface area contributed by atoms with E-state index in [4.69, 9.17) is 0 Å². The van der Waals surface area contributed by atoms with E-state index in [2.05, 4.69) is 39.3 Å². The van der Waals surface area contributed by atoms with Crippen molar-refractivity contribution in [1.82, 2.24) is 5.32 Å². The summed E-state index contributed by atoms with van der Waals surface area (Å²) in [4.78, 5) is 0. The molecule has 0 amide bonds. The topological polar surface area (TPSA) is 12.0 Å². The Bertz CT molecular complexity index is 263. The van der Waals surface area contributed by atoms with E-state index < -0.39 is 0 Å². The molecule has 1 nitrogen and oxygen atoms in total. The maximum absolute atomic E-state index is 3.89. The van der Waals surface area contributed by atoms with E-state index >= 15 is 0 Å². The van der Waals surface area contributed by atoms with Gasteiger partial charge in [0.25, 0.3) is 0 Å². The lowest BCUT2D eigenvalue weighted by molar-refractivity contribution is 0.117. The molecule has 2 heteroatoms. The van der Waals surface area contributed by atoms with Crippen molar-refractivity contribution in [3.63, 3.8) is 0 Å². The first-order chi connectivity index (χ1) is 7.41. The summed E-state index contributed by atoms with van der Waals surface area (Å²) in [6.07, 6.45) is 6.49. The van der Waals surface area contributed by atoms with Crippen molar-refractivity contribution in [3.05, 3.63) is 0 Å². The average molecular weight is 241 g/mol. The van der Waals surface area contributed by atoms with Crippen LogP contribution in [0.2, 0.25) is 0 Å². The van der Waals surface area contributed by atoms with Crippen molar-refractivity contribution in [2.75, 3.05) is 12.0 Å². The molecular weight excluding hydrogens is 214 g/mol. The molecule has 2 aliphatic rings. The lowest BCUT2D eigenvalue weighted by atomic mass is 9.69. The zero-order valence-corrected chi connectivity index (χ0v) is 12.3. The first-order valence-electron chi connectivity index (χ1n) is 6.67.